The lowest BCUT2D eigenvalue weighted by atomic mass is 9.96. The Balaban J connectivity index is 1.95. The lowest BCUT2D eigenvalue weighted by molar-refractivity contribution is 0.395. The standard InChI is InChI=1S/C10H15NO/c1-10(4-5-10)9(11)7-8-3-2-6-12-8/h2-3,6,9H,4-5,7,11H2,1H3. The average Bonchev–Trinajstić information content (AvgIpc) is 2.63. The molecule has 1 aliphatic rings. The van der Waals surface area contributed by atoms with Gasteiger partial charge in [-0.25, -0.2) is 0 Å². The Labute approximate surface area is 72.7 Å². The van der Waals surface area contributed by atoms with E-state index < -0.39 is 0 Å². The molecular formula is C10H15NO. The Morgan fingerprint density at radius 1 is 1.67 bits per heavy atom. The van der Waals surface area contributed by atoms with Gasteiger partial charge in [0.2, 0.25) is 0 Å². The number of hydrogen-bond acceptors (Lipinski definition) is 2. The van der Waals surface area contributed by atoms with Crippen LogP contribution < -0.4 is 5.73 Å². The summed E-state index contributed by atoms with van der Waals surface area (Å²) in [4.78, 5) is 0. The van der Waals surface area contributed by atoms with Crippen LogP contribution in [0.4, 0.5) is 0 Å². The van der Waals surface area contributed by atoms with E-state index in [0.29, 0.717) is 5.41 Å². The molecule has 1 aromatic rings. The average molecular weight is 165 g/mol. The molecule has 2 heteroatoms. The van der Waals surface area contributed by atoms with Crippen LogP contribution in [0.5, 0.6) is 0 Å². The van der Waals surface area contributed by atoms with Crippen molar-refractivity contribution in [2.75, 3.05) is 0 Å². The maximum atomic E-state index is 6.04. The van der Waals surface area contributed by atoms with Crippen LogP contribution in [0.2, 0.25) is 0 Å². The molecule has 1 aromatic heterocycles. The van der Waals surface area contributed by atoms with E-state index in [9.17, 15) is 0 Å². The SMILES string of the molecule is CC1(C(N)Cc2ccco2)CC1. The van der Waals surface area contributed by atoms with Crippen molar-refractivity contribution in [1.82, 2.24) is 0 Å². The van der Waals surface area contributed by atoms with Gasteiger partial charge in [0.25, 0.3) is 0 Å². The van der Waals surface area contributed by atoms with Gasteiger partial charge in [-0.15, -0.1) is 0 Å². The van der Waals surface area contributed by atoms with E-state index in [0.717, 1.165) is 12.2 Å². The maximum absolute atomic E-state index is 6.04. The molecule has 1 unspecified atom stereocenters. The van der Waals surface area contributed by atoms with Crippen LogP contribution in [-0.2, 0) is 6.42 Å². The molecule has 2 N–H and O–H groups in total. The molecule has 1 saturated carbocycles. The summed E-state index contributed by atoms with van der Waals surface area (Å²) in [6.45, 7) is 2.25. The van der Waals surface area contributed by atoms with Gasteiger partial charge in [-0.05, 0) is 30.4 Å². The largest absolute Gasteiger partial charge is 0.469 e. The molecule has 0 bridgehead atoms. The minimum atomic E-state index is 0.267. The molecule has 0 saturated heterocycles. The fourth-order valence-electron chi connectivity index (χ4n) is 1.46. The van der Waals surface area contributed by atoms with E-state index in [1.807, 2.05) is 12.1 Å². The molecule has 1 fully saturated rings. The maximum Gasteiger partial charge on any atom is 0.105 e. The lowest BCUT2D eigenvalue weighted by Gasteiger charge is -2.16. The molecule has 2 nitrogen and oxygen atoms in total. The van der Waals surface area contributed by atoms with Crippen LogP contribution in [0, 0.1) is 5.41 Å². The fraction of sp³-hybridized carbons (Fsp3) is 0.600. The van der Waals surface area contributed by atoms with Crippen molar-refractivity contribution >= 4 is 0 Å². The van der Waals surface area contributed by atoms with Crippen LogP contribution in [0.25, 0.3) is 0 Å². The smallest absolute Gasteiger partial charge is 0.105 e. The first kappa shape index (κ1) is 7.87. The molecule has 1 aliphatic carbocycles. The zero-order chi connectivity index (χ0) is 8.60. The van der Waals surface area contributed by atoms with Crippen LogP contribution >= 0.6 is 0 Å². The van der Waals surface area contributed by atoms with Gasteiger partial charge < -0.3 is 10.2 Å². The number of hydrogen-bond donors (Lipinski definition) is 1. The molecule has 0 spiro atoms. The predicted octanol–water partition coefficient (Wildman–Crippen LogP) is 1.95. The summed E-state index contributed by atoms with van der Waals surface area (Å²) in [5.41, 5.74) is 6.44. The zero-order valence-electron chi connectivity index (χ0n) is 7.42. The Morgan fingerprint density at radius 3 is 2.92 bits per heavy atom. The second-order valence-corrected chi connectivity index (χ2v) is 4.04. The quantitative estimate of drug-likeness (QED) is 0.743. The highest BCUT2D eigenvalue weighted by atomic mass is 16.3. The predicted molar refractivity (Wildman–Crippen MR) is 47.7 cm³/mol. The molecule has 0 radical (unpaired) electrons. The van der Waals surface area contributed by atoms with Gasteiger partial charge in [0.05, 0.1) is 6.26 Å². The van der Waals surface area contributed by atoms with Crippen LogP contribution in [-0.4, -0.2) is 6.04 Å². The van der Waals surface area contributed by atoms with Crippen molar-refractivity contribution in [1.29, 1.82) is 0 Å². The second kappa shape index (κ2) is 2.63. The van der Waals surface area contributed by atoms with Crippen LogP contribution in [0.15, 0.2) is 22.8 Å². The van der Waals surface area contributed by atoms with Crippen molar-refractivity contribution in [2.45, 2.75) is 32.2 Å². The number of furan rings is 1. The first-order valence-electron chi connectivity index (χ1n) is 4.49. The third-order valence-electron chi connectivity index (χ3n) is 2.94. The van der Waals surface area contributed by atoms with Gasteiger partial charge in [0, 0.05) is 12.5 Å². The van der Waals surface area contributed by atoms with E-state index in [1.165, 1.54) is 12.8 Å². The molecule has 12 heavy (non-hydrogen) atoms. The topological polar surface area (TPSA) is 39.2 Å². The van der Waals surface area contributed by atoms with E-state index in [1.54, 1.807) is 6.26 Å². The van der Waals surface area contributed by atoms with Gasteiger partial charge in [-0.2, -0.15) is 0 Å². The second-order valence-electron chi connectivity index (χ2n) is 4.04. The normalized spacial score (nSPS) is 22.2. The highest BCUT2D eigenvalue weighted by molar-refractivity contribution is 5.06. The van der Waals surface area contributed by atoms with Crippen LogP contribution in [0.3, 0.4) is 0 Å². The Bertz CT molecular complexity index is 249. The van der Waals surface area contributed by atoms with Crippen molar-refractivity contribution in [3.05, 3.63) is 24.2 Å². The highest BCUT2D eigenvalue weighted by Crippen LogP contribution is 2.48. The van der Waals surface area contributed by atoms with Crippen molar-refractivity contribution in [2.24, 2.45) is 11.1 Å². The molecule has 1 heterocycles. The van der Waals surface area contributed by atoms with Gasteiger partial charge in [-0.1, -0.05) is 6.92 Å². The minimum absolute atomic E-state index is 0.267. The summed E-state index contributed by atoms with van der Waals surface area (Å²) in [6, 6.07) is 4.17. The summed E-state index contributed by atoms with van der Waals surface area (Å²) < 4.78 is 5.25. The zero-order valence-corrected chi connectivity index (χ0v) is 7.42. The molecular weight excluding hydrogens is 150 g/mol. The summed E-state index contributed by atoms with van der Waals surface area (Å²) >= 11 is 0. The Hall–Kier alpha value is -0.760. The summed E-state index contributed by atoms with van der Waals surface area (Å²) in [5, 5.41) is 0. The molecule has 0 aliphatic heterocycles. The van der Waals surface area contributed by atoms with E-state index in [-0.39, 0.29) is 6.04 Å². The number of rotatable bonds is 3. The molecule has 0 aromatic carbocycles. The van der Waals surface area contributed by atoms with Gasteiger partial charge in [0.1, 0.15) is 5.76 Å². The first-order valence-corrected chi connectivity index (χ1v) is 4.49. The fourth-order valence-corrected chi connectivity index (χ4v) is 1.46. The summed E-state index contributed by atoms with van der Waals surface area (Å²) in [7, 11) is 0. The van der Waals surface area contributed by atoms with Crippen molar-refractivity contribution in [3.63, 3.8) is 0 Å². The molecule has 0 amide bonds. The van der Waals surface area contributed by atoms with Crippen molar-refractivity contribution < 1.29 is 4.42 Å². The minimum Gasteiger partial charge on any atom is -0.469 e. The summed E-state index contributed by atoms with van der Waals surface area (Å²) in [6.07, 6.45) is 5.13. The Morgan fingerprint density at radius 2 is 2.42 bits per heavy atom. The summed E-state index contributed by atoms with van der Waals surface area (Å²) in [5.74, 6) is 1.01. The highest BCUT2D eigenvalue weighted by Gasteiger charge is 2.42. The number of nitrogens with two attached hydrogens (primary N) is 1. The monoisotopic (exact) mass is 165 g/mol. The molecule has 1 atom stereocenters. The first-order chi connectivity index (χ1) is 5.71. The van der Waals surface area contributed by atoms with E-state index in [2.05, 4.69) is 6.92 Å². The third kappa shape index (κ3) is 1.39. The molecule has 2 rings (SSSR count). The molecule has 66 valence electrons. The van der Waals surface area contributed by atoms with Gasteiger partial charge in [-0.3, -0.25) is 0 Å². The van der Waals surface area contributed by atoms with E-state index >= 15 is 0 Å². The van der Waals surface area contributed by atoms with Crippen LogP contribution in [0.1, 0.15) is 25.5 Å². The van der Waals surface area contributed by atoms with Crippen molar-refractivity contribution in [3.8, 4) is 0 Å². The lowest BCUT2D eigenvalue weighted by Crippen LogP contribution is -2.31. The van der Waals surface area contributed by atoms with Gasteiger partial charge >= 0.3 is 0 Å². The van der Waals surface area contributed by atoms with E-state index in [4.69, 9.17) is 10.2 Å². The third-order valence-corrected chi connectivity index (χ3v) is 2.94. The Kier molecular flexibility index (Phi) is 1.72. The van der Waals surface area contributed by atoms with Gasteiger partial charge in [0.15, 0.2) is 0 Å².